The Hall–Kier alpha value is -0.240. The first kappa shape index (κ1) is 13.8. The summed E-state index contributed by atoms with van der Waals surface area (Å²) >= 11 is 0. The van der Waals surface area contributed by atoms with Gasteiger partial charge in [-0.3, -0.25) is 0 Å². The van der Waals surface area contributed by atoms with Crippen LogP contribution in [0.15, 0.2) is 0 Å². The third-order valence-corrected chi connectivity index (χ3v) is 2.68. The number of aliphatic hydroxyl groups excluding tert-OH is 2. The molecule has 2 N–H and O–H groups in total. The quantitative estimate of drug-likeness (QED) is 0.624. The van der Waals surface area contributed by atoms with E-state index in [-0.39, 0.29) is 6.61 Å². The monoisotopic (exact) mass is 236 g/mol. The first-order chi connectivity index (χ1) is 7.69. The van der Waals surface area contributed by atoms with Gasteiger partial charge in [0.25, 0.3) is 0 Å². The molecule has 0 radical (unpaired) electrons. The highest BCUT2D eigenvalue weighted by Gasteiger charge is 2.48. The average molecular weight is 236 g/mol. The molecule has 1 aliphatic heterocycles. The Morgan fingerprint density at radius 2 is 2.06 bits per heavy atom. The molecule has 0 aromatic heterocycles. The van der Waals surface area contributed by atoms with Crippen molar-refractivity contribution in [3.05, 3.63) is 0 Å². The van der Waals surface area contributed by atoms with Crippen LogP contribution >= 0.6 is 0 Å². The summed E-state index contributed by atoms with van der Waals surface area (Å²) in [4.78, 5) is 0. The van der Waals surface area contributed by atoms with Crippen LogP contribution in [0.1, 0.15) is 6.92 Å². The van der Waals surface area contributed by atoms with E-state index in [1.54, 1.807) is 0 Å². The van der Waals surface area contributed by atoms with Crippen molar-refractivity contribution in [2.75, 3.05) is 27.4 Å². The number of hydrogen-bond donors (Lipinski definition) is 2. The van der Waals surface area contributed by atoms with Gasteiger partial charge in [-0.2, -0.15) is 0 Å². The molecule has 0 amide bonds. The maximum absolute atomic E-state index is 9.88. The van der Waals surface area contributed by atoms with E-state index in [0.717, 1.165) is 0 Å². The lowest BCUT2D eigenvalue weighted by Gasteiger charge is -2.24. The van der Waals surface area contributed by atoms with Crippen molar-refractivity contribution in [1.82, 2.24) is 0 Å². The molecule has 0 bridgehead atoms. The molecular formula is C10H20O6. The molecule has 0 saturated carbocycles. The topological polar surface area (TPSA) is 77.4 Å². The Bertz CT molecular complexity index is 196. The van der Waals surface area contributed by atoms with Crippen LogP contribution in [0, 0.1) is 0 Å². The van der Waals surface area contributed by atoms with Crippen molar-refractivity contribution in [1.29, 1.82) is 0 Å². The van der Waals surface area contributed by atoms with Crippen LogP contribution in [0.4, 0.5) is 0 Å². The highest BCUT2D eigenvalue weighted by molar-refractivity contribution is 4.92. The minimum Gasteiger partial charge on any atom is -0.394 e. The minimum absolute atomic E-state index is 0.202. The zero-order chi connectivity index (χ0) is 12.1. The second-order valence-corrected chi connectivity index (χ2v) is 3.57. The molecule has 5 atom stereocenters. The van der Waals surface area contributed by atoms with Crippen LogP contribution in [-0.4, -0.2) is 68.4 Å². The van der Waals surface area contributed by atoms with Gasteiger partial charge in [-0.15, -0.1) is 0 Å². The maximum atomic E-state index is 9.88. The Kier molecular flexibility index (Phi) is 5.60. The Labute approximate surface area is 95.1 Å². The van der Waals surface area contributed by atoms with E-state index in [1.165, 1.54) is 14.2 Å². The third kappa shape index (κ3) is 2.71. The molecule has 0 aliphatic carbocycles. The zero-order valence-corrected chi connectivity index (χ0v) is 9.83. The number of ether oxygens (including phenoxy) is 4. The van der Waals surface area contributed by atoms with Crippen LogP contribution in [0.2, 0.25) is 0 Å². The Morgan fingerprint density at radius 1 is 1.38 bits per heavy atom. The summed E-state index contributed by atoms with van der Waals surface area (Å²) < 4.78 is 20.9. The van der Waals surface area contributed by atoms with Gasteiger partial charge in [0.15, 0.2) is 6.29 Å². The highest BCUT2D eigenvalue weighted by Crippen LogP contribution is 2.27. The molecule has 0 aromatic rings. The van der Waals surface area contributed by atoms with Crippen molar-refractivity contribution in [2.24, 2.45) is 0 Å². The van der Waals surface area contributed by atoms with E-state index in [4.69, 9.17) is 24.1 Å². The van der Waals surface area contributed by atoms with Gasteiger partial charge in [0.2, 0.25) is 0 Å². The number of rotatable bonds is 6. The summed E-state index contributed by atoms with van der Waals surface area (Å²) in [6.07, 6.45) is -3.24. The van der Waals surface area contributed by atoms with Gasteiger partial charge >= 0.3 is 0 Å². The summed E-state index contributed by atoms with van der Waals surface area (Å²) in [5, 5.41) is 19.0. The second kappa shape index (κ2) is 6.48. The van der Waals surface area contributed by atoms with Crippen LogP contribution in [-0.2, 0) is 18.9 Å². The molecule has 1 rings (SSSR count). The van der Waals surface area contributed by atoms with Gasteiger partial charge in [0.05, 0.1) is 6.61 Å². The molecule has 1 heterocycles. The van der Waals surface area contributed by atoms with Crippen molar-refractivity contribution in [3.8, 4) is 0 Å². The molecule has 16 heavy (non-hydrogen) atoms. The molecule has 6 heteroatoms. The molecule has 1 fully saturated rings. The van der Waals surface area contributed by atoms with E-state index < -0.39 is 30.7 Å². The van der Waals surface area contributed by atoms with E-state index >= 15 is 0 Å². The van der Waals surface area contributed by atoms with E-state index in [1.807, 2.05) is 6.92 Å². The molecule has 6 nitrogen and oxygen atoms in total. The molecule has 96 valence electrons. The van der Waals surface area contributed by atoms with E-state index in [0.29, 0.717) is 6.61 Å². The minimum atomic E-state index is -0.876. The Morgan fingerprint density at radius 3 is 2.50 bits per heavy atom. The summed E-state index contributed by atoms with van der Waals surface area (Å²) in [7, 11) is 2.94. The summed E-state index contributed by atoms with van der Waals surface area (Å²) in [5.41, 5.74) is 0. The maximum Gasteiger partial charge on any atom is 0.186 e. The standard InChI is InChI=1S/C10H20O6/c1-4-15-10-7(12)9(14-3)8(16-10)6(5-11)13-2/h6-12H,4-5H2,1-3H3/t6-,7-,8-,9-,10?/m1/s1. The molecule has 1 saturated heterocycles. The first-order valence-electron chi connectivity index (χ1n) is 5.31. The molecule has 0 spiro atoms. The summed E-state index contributed by atoms with van der Waals surface area (Å²) in [6, 6.07) is 0. The van der Waals surface area contributed by atoms with Gasteiger partial charge in [0, 0.05) is 20.8 Å². The molecular weight excluding hydrogens is 216 g/mol. The first-order valence-corrected chi connectivity index (χ1v) is 5.31. The highest BCUT2D eigenvalue weighted by atomic mass is 16.7. The van der Waals surface area contributed by atoms with Gasteiger partial charge < -0.3 is 29.2 Å². The predicted molar refractivity (Wildman–Crippen MR) is 55.0 cm³/mol. The lowest BCUT2D eigenvalue weighted by atomic mass is 10.1. The largest absolute Gasteiger partial charge is 0.394 e. The van der Waals surface area contributed by atoms with Gasteiger partial charge in [-0.25, -0.2) is 0 Å². The fourth-order valence-corrected chi connectivity index (χ4v) is 1.85. The van der Waals surface area contributed by atoms with Gasteiger partial charge in [0.1, 0.15) is 24.4 Å². The summed E-state index contributed by atoms with van der Waals surface area (Å²) in [5.74, 6) is 0. The van der Waals surface area contributed by atoms with Gasteiger partial charge in [-0.05, 0) is 6.92 Å². The second-order valence-electron chi connectivity index (χ2n) is 3.57. The lowest BCUT2D eigenvalue weighted by molar-refractivity contribution is -0.181. The number of methoxy groups -OCH3 is 2. The summed E-state index contributed by atoms with van der Waals surface area (Å²) in [6.45, 7) is 2.04. The normalized spacial score (nSPS) is 36.6. The molecule has 0 aromatic carbocycles. The lowest BCUT2D eigenvalue weighted by Crippen LogP contribution is -2.42. The fraction of sp³-hybridized carbons (Fsp3) is 1.00. The van der Waals surface area contributed by atoms with Crippen LogP contribution < -0.4 is 0 Å². The van der Waals surface area contributed by atoms with Crippen LogP contribution in [0.3, 0.4) is 0 Å². The van der Waals surface area contributed by atoms with E-state index in [9.17, 15) is 5.11 Å². The predicted octanol–water partition coefficient (Wildman–Crippen LogP) is -0.869. The fourth-order valence-electron chi connectivity index (χ4n) is 1.85. The molecule has 1 unspecified atom stereocenters. The zero-order valence-electron chi connectivity index (χ0n) is 9.83. The van der Waals surface area contributed by atoms with Crippen molar-refractivity contribution < 1.29 is 29.2 Å². The third-order valence-electron chi connectivity index (χ3n) is 2.68. The van der Waals surface area contributed by atoms with Crippen LogP contribution in [0.5, 0.6) is 0 Å². The van der Waals surface area contributed by atoms with Crippen molar-refractivity contribution in [2.45, 2.75) is 37.6 Å². The van der Waals surface area contributed by atoms with Gasteiger partial charge in [-0.1, -0.05) is 0 Å². The average Bonchev–Trinajstić information content (AvgIpc) is 2.59. The smallest absolute Gasteiger partial charge is 0.186 e. The SMILES string of the molecule is CCOC1O[C@H]([C@@H](CO)OC)[C@H](OC)[C@H]1O. The van der Waals surface area contributed by atoms with Crippen LogP contribution in [0.25, 0.3) is 0 Å². The van der Waals surface area contributed by atoms with Crippen molar-refractivity contribution >= 4 is 0 Å². The Balaban J connectivity index is 2.69. The molecule has 1 aliphatic rings. The van der Waals surface area contributed by atoms with Crippen molar-refractivity contribution in [3.63, 3.8) is 0 Å². The number of hydrogen-bond acceptors (Lipinski definition) is 6. The van der Waals surface area contributed by atoms with E-state index in [2.05, 4.69) is 0 Å². The number of aliphatic hydroxyl groups is 2.